The molecule has 1 amide bonds. The van der Waals surface area contributed by atoms with Gasteiger partial charge < -0.3 is 10.4 Å². The number of nitrogens with one attached hydrogen (secondary N) is 1. The number of amides is 1. The molecule has 1 aromatic heterocycles. The number of hydrogen-bond donors (Lipinski definition) is 2. The molecule has 0 spiro atoms. The fourth-order valence-electron chi connectivity index (χ4n) is 2.83. The van der Waals surface area contributed by atoms with Gasteiger partial charge >= 0.3 is 5.97 Å². The molecule has 0 saturated heterocycles. The fourth-order valence-corrected chi connectivity index (χ4v) is 2.83. The molecule has 1 heterocycles. The molecule has 0 saturated carbocycles. The molecule has 0 aliphatic heterocycles. The first-order chi connectivity index (χ1) is 12.2. The Labute approximate surface area is 151 Å². The summed E-state index contributed by atoms with van der Waals surface area (Å²) in [7, 11) is 0. The van der Waals surface area contributed by atoms with Gasteiger partial charge in [0.1, 0.15) is 17.6 Å². The first-order valence-corrected chi connectivity index (χ1v) is 8.59. The van der Waals surface area contributed by atoms with Crippen molar-refractivity contribution in [1.29, 1.82) is 0 Å². The first-order valence-electron chi connectivity index (χ1n) is 8.59. The minimum atomic E-state index is -1.11. The second-order valence-corrected chi connectivity index (χ2v) is 7.07. The van der Waals surface area contributed by atoms with Crippen LogP contribution in [0, 0.1) is 11.8 Å². The Balaban J connectivity index is 2.40. The molecule has 2 aromatic rings. The Hall–Kier alpha value is -2.77. The molecule has 26 heavy (non-hydrogen) atoms. The normalized spacial score (nSPS) is 13.8. The maximum Gasteiger partial charge on any atom is 0.326 e. The maximum atomic E-state index is 12.8. The van der Waals surface area contributed by atoms with E-state index in [1.165, 1.54) is 0 Å². The van der Waals surface area contributed by atoms with Gasteiger partial charge in [0.05, 0.1) is 5.39 Å². The van der Waals surface area contributed by atoms with E-state index in [9.17, 15) is 19.5 Å². The van der Waals surface area contributed by atoms with Crippen LogP contribution in [-0.2, 0) is 9.59 Å². The van der Waals surface area contributed by atoms with Crippen molar-refractivity contribution in [3.8, 4) is 0 Å². The molecule has 8 heteroatoms. The Morgan fingerprint density at radius 2 is 1.85 bits per heavy atom. The van der Waals surface area contributed by atoms with E-state index in [1.807, 2.05) is 13.8 Å². The first kappa shape index (κ1) is 19.6. The largest absolute Gasteiger partial charge is 0.480 e. The van der Waals surface area contributed by atoms with Crippen LogP contribution in [0.3, 0.4) is 0 Å². The van der Waals surface area contributed by atoms with Crippen molar-refractivity contribution >= 4 is 22.8 Å². The van der Waals surface area contributed by atoms with Crippen LogP contribution in [0.25, 0.3) is 10.9 Å². The van der Waals surface area contributed by atoms with Crippen LogP contribution < -0.4 is 10.9 Å². The predicted molar refractivity (Wildman–Crippen MR) is 96.7 cm³/mol. The number of aromatic nitrogens is 3. The number of carbonyl (C=O) groups is 2. The fraction of sp³-hybridized carbons (Fsp3) is 0.500. The minimum absolute atomic E-state index is 0.0945. The Morgan fingerprint density at radius 1 is 1.19 bits per heavy atom. The number of nitrogens with zero attached hydrogens (tertiary/aromatic N) is 3. The van der Waals surface area contributed by atoms with Crippen molar-refractivity contribution in [2.75, 3.05) is 0 Å². The number of aliphatic carboxylic acids is 1. The number of rotatable bonds is 7. The predicted octanol–water partition coefficient (Wildman–Crippen LogP) is 1.60. The zero-order chi connectivity index (χ0) is 19.4. The molecule has 1 aromatic carbocycles. The van der Waals surface area contributed by atoms with Crippen molar-refractivity contribution in [1.82, 2.24) is 20.3 Å². The van der Waals surface area contributed by atoms with Gasteiger partial charge in [-0.15, -0.1) is 5.10 Å². The molecule has 140 valence electrons. The Bertz CT molecular complexity index is 860. The summed E-state index contributed by atoms with van der Waals surface area (Å²) in [6.07, 6.45) is 0.296. The zero-order valence-electron chi connectivity index (χ0n) is 15.3. The third-order valence-corrected chi connectivity index (χ3v) is 4.08. The summed E-state index contributed by atoms with van der Waals surface area (Å²) in [5.41, 5.74) is 0.0140. The monoisotopic (exact) mass is 360 g/mol. The van der Waals surface area contributed by atoms with Crippen LogP contribution >= 0.6 is 0 Å². The van der Waals surface area contributed by atoms with Gasteiger partial charge in [-0.3, -0.25) is 9.59 Å². The highest BCUT2D eigenvalue weighted by Crippen LogP contribution is 2.17. The smallest absolute Gasteiger partial charge is 0.326 e. The van der Waals surface area contributed by atoms with Crippen molar-refractivity contribution < 1.29 is 14.7 Å². The molecule has 2 unspecified atom stereocenters. The summed E-state index contributed by atoms with van der Waals surface area (Å²) in [4.78, 5) is 36.9. The highest BCUT2D eigenvalue weighted by Gasteiger charge is 2.31. The van der Waals surface area contributed by atoms with E-state index in [2.05, 4.69) is 15.6 Å². The lowest BCUT2D eigenvalue weighted by atomic mass is 10.0. The van der Waals surface area contributed by atoms with Gasteiger partial charge in [0, 0.05) is 0 Å². The van der Waals surface area contributed by atoms with Crippen LogP contribution in [0.1, 0.15) is 40.2 Å². The number of hydrogen-bond acceptors (Lipinski definition) is 5. The van der Waals surface area contributed by atoms with Crippen molar-refractivity contribution in [2.24, 2.45) is 11.8 Å². The molecular weight excluding hydrogens is 336 g/mol. The lowest BCUT2D eigenvalue weighted by Crippen LogP contribution is -2.48. The Kier molecular flexibility index (Phi) is 6.07. The van der Waals surface area contributed by atoms with Crippen molar-refractivity contribution in [3.63, 3.8) is 0 Å². The molecule has 0 fully saturated rings. The van der Waals surface area contributed by atoms with Gasteiger partial charge in [0.2, 0.25) is 5.91 Å². The molecule has 0 bridgehead atoms. The van der Waals surface area contributed by atoms with Crippen LogP contribution in [0.4, 0.5) is 0 Å². The highest BCUT2D eigenvalue weighted by atomic mass is 16.4. The van der Waals surface area contributed by atoms with Gasteiger partial charge in [0.15, 0.2) is 0 Å². The minimum Gasteiger partial charge on any atom is -0.480 e. The highest BCUT2D eigenvalue weighted by molar-refractivity contribution is 5.86. The summed E-state index contributed by atoms with van der Waals surface area (Å²) in [5.74, 6) is -1.85. The van der Waals surface area contributed by atoms with Crippen LogP contribution in [0.2, 0.25) is 0 Å². The topological polar surface area (TPSA) is 114 Å². The molecule has 2 N–H and O–H groups in total. The quantitative estimate of drug-likeness (QED) is 0.775. The van der Waals surface area contributed by atoms with E-state index in [0.29, 0.717) is 17.3 Å². The lowest BCUT2D eigenvalue weighted by Gasteiger charge is -2.24. The maximum absolute atomic E-state index is 12.8. The third kappa shape index (κ3) is 4.25. The number of carboxylic acids is 1. The van der Waals surface area contributed by atoms with Crippen molar-refractivity contribution in [3.05, 3.63) is 34.6 Å². The molecule has 2 rings (SSSR count). The summed E-state index contributed by atoms with van der Waals surface area (Å²) in [6, 6.07) is 4.78. The summed E-state index contributed by atoms with van der Waals surface area (Å²) in [6.45, 7) is 7.29. The van der Waals surface area contributed by atoms with E-state index < -0.39 is 29.5 Å². The zero-order valence-corrected chi connectivity index (χ0v) is 15.3. The number of fused-ring (bicyclic) bond motifs is 1. The molecular formula is C18H24N4O4. The average Bonchev–Trinajstić information content (AvgIpc) is 2.56. The molecule has 0 radical (unpaired) electrons. The SMILES string of the molecule is CC(C)CC(NC(=O)C(C(C)C)n1nnc2ccccc2c1=O)C(=O)O. The van der Waals surface area contributed by atoms with Crippen LogP contribution in [0.5, 0.6) is 0 Å². The van der Waals surface area contributed by atoms with Gasteiger partial charge in [-0.05, 0) is 30.4 Å². The van der Waals surface area contributed by atoms with E-state index in [-0.39, 0.29) is 11.8 Å². The summed E-state index contributed by atoms with van der Waals surface area (Å²) in [5, 5.41) is 20.2. The van der Waals surface area contributed by atoms with E-state index in [0.717, 1.165) is 4.68 Å². The summed E-state index contributed by atoms with van der Waals surface area (Å²) >= 11 is 0. The van der Waals surface area contributed by atoms with Crippen molar-refractivity contribution in [2.45, 2.75) is 46.2 Å². The molecule has 0 aliphatic rings. The third-order valence-electron chi connectivity index (χ3n) is 4.08. The second kappa shape index (κ2) is 8.07. The second-order valence-electron chi connectivity index (χ2n) is 7.07. The van der Waals surface area contributed by atoms with Gasteiger partial charge in [0.25, 0.3) is 5.56 Å². The van der Waals surface area contributed by atoms with E-state index >= 15 is 0 Å². The van der Waals surface area contributed by atoms with Gasteiger partial charge in [-0.2, -0.15) is 4.68 Å². The number of benzene rings is 1. The Morgan fingerprint density at radius 3 is 2.42 bits per heavy atom. The molecule has 2 atom stereocenters. The van der Waals surface area contributed by atoms with Crippen LogP contribution in [0.15, 0.2) is 29.1 Å². The summed E-state index contributed by atoms with van der Waals surface area (Å²) < 4.78 is 1.04. The van der Waals surface area contributed by atoms with E-state index in [4.69, 9.17) is 0 Å². The van der Waals surface area contributed by atoms with Gasteiger partial charge in [-0.25, -0.2) is 4.79 Å². The molecule has 0 aliphatic carbocycles. The number of carbonyl (C=O) groups excluding carboxylic acids is 1. The van der Waals surface area contributed by atoms with Gasteiger partial charge in [-0.1, -0.05) is 45.0 Å². The number of carboxylic acid groups (broad SMARTS) is 1. The van der Waals surface area contributed by atoms with Crippen LogP contribution in [-0.4, -0.2) is 38.0 Å². The molecule has 8 nitrogen and oxygen atoms in total. The lowest BCUT2D eigenvalue weighted by molar-refractivity contribution is -0.143. The average molecular weight is 360 g/mol. The standard InChI is InChI=1S/C18H24N4O4/c1-10(2)9-14(18(25)26)19-16(23)15(11(3)4)22-17(24)12-7-5-6-8-13(12)20-21-22/h5-8,10-11,14-15H,9H2,1-4H3,(H,19,23)(H,25,26). The van der Waals surface area contributed by atoms with E-state index in [1.54, 1.807) is 38.1 Å².